The SMILES string of the molecule is C.CCCc1ncc(Cc2cc3cc(OC)ccc3[nH]c2=O)c2cc(OC)c(OC)cc12. The minimum atomic E-state index is -0.107. The van der Waals surface area contributed by atoms with Crippen molar-refractivity contribution in [3.63, 3.8) is 0 Å². The lowest BCUT2D eigenvalue weighted by molar-refractivity contribution is 0.356. The van der Waals surface area contributed by atoms with Crippen LogP contribution in [0.2, 0.25) is 0 Å². The van der Waals surface area contributed by atoms with Gasteiger partial charge in [-0.1, -0.05) is 20.8 Å². The van der Waals surface area contributed by atoms with Gasteiger partial charge in [-0.2, -0.15) is 0 Å². The Morgan fingerprint density at radius 2 is 1.62 bits per heavy atom. The standard InChI is InChI=1S/C25H26N2O4.CH4/c1-5-6-22-20-13-24(31-4)23(30-3)12-19(20)17(14-26-22)10-16-9-15-11-18(29-2)7-8-21(15)27-25(16)28;/h7-9,11-14H,5-6,10H2,1-4H3,(H,27,28);1H4. The van der Waals surface area contributed by atoms with E-state index in [0.29, 0.717) is 23.5 Å². The summed E-state index contributed by atoms with van der Waals surface area (Å²) in [6.45, 7) is 2.13. The zero-order valence-electron chi connectivity index (χ0n) is 18.2. The van der Waals surface area contributed by atoms with Crippen LogP contribution in [0.5, 0.6) is 17.2 Å². The molecule has 6 heteroatoms. The fourth-order valence-corrected chi connectivity index (χ4v) is 3.95. The number of aromatic nitrogens is 2. The molecule has 0 atom stereocenters. The summed E-state index contributed by atoms with van der Waals surface area (Å²) in [7, 11) is 4.88. The number of hydrogen-bond donors (Lipinski definition) is 1. The highest BCUT2D eigenvalue weighted by Crippen LogP contribution is 2.35. The highest BCUT2D eigenvalue weighted by atomic mass is 16.5. The monoisotopic (exact) mass is 434 g/mol. The van der Waals surface area contributed by atoms with E-state index in [1.165, 1.54) is 0 Å². The van der Waals surface area contributed by atoms with Gasteiger partial charge in [0.2, 0.25) is 0 Å². The predicted molar refractivity (Wildman–Crippen MR) is 129 cm³/mol. The fraction of sp³-hybridized carbons (Fsp3) is 0.308. The van der Waals surface area contributed by atoms with Gasteiger partial charge in [0.1, 0.15) is 5.75 Å². The Labute approximate surface area is 188 Å². The first-order valence-corrected chi connectivity index (χ1v) is 10.3. The molecule has 0 unspecified atom stereocenters. The van der Waals surface area contributed by atoms with Crippen molar-refractivity contribution in [1.29, 1.82) is 0 Å². The molecule has 0 fully saturated rings. The summed E-state index contributed by atoms with van der Waals surface area (Å²) in [5, 5.41) is 2.96. The highest BCUT2D eigenvalue weighted by Gasteiger charge is 2.15. The van der Waals surface area contributed by atoms with Gasteiger partial charge in [0.25, 0.3) is 5.56 Å². The van der Waals surface area contributed by atoms with Crippen molar-refractivity contribution in [3.8, 4) is 17.2 Å². The molecule has 2 aromatic carbocycles. The van der Waals surface area contributed by atoms with E-state index in [-0.39, 0.29) is 13.0 Å². The summed E-state index contributed by atoms with van der Waals surface area (Å²) in [6.07, 6.45) is 4.17. The maximum absolute atomic E-state index is 12.8. The van der Waals surface area contributed by atoms with Crippen molar-refractivity contribution in [3.05, 3.63) is 69.8 Å². The number of nitrogens with zero attached hydrogens (tertiary/aromatic N) is 1. The summed E-state index contributed by atoms with van der Waals surface area (Å²) < 4.78 is 16.4. The van der Waals surface area contributed by atoms with Gasteiger partial charge in [0, 0.05) is 40.2 Å². The van der Waals surface area contributed by atoms with Crippen LogP contribution >= 0.6 is 0 Å². The van der Waals surface area contributed by atoms with Crippen LogP contribution < -0.4 is 19.8 Å². The molecular formula is C26H30N2O4. The lowest BCUT2D eigenvalue weighted by atomic mass is 9.97. The van der Waals surface area contributed by atoms with Gasteiger partial charge in [-0.3, -0.25) is 9.78 Å². The molecule has 0 bridgehead atoms. The number of rotatable bonds is 7. The van der Waals surface area contributed by atoms with Gasteiger partial charge in [0.15, 0.2) is 11.5 Å². The third-order valence-electron chi connectivity index (χ3n) is 5.55. The van der Waals surface area contributed by atoms with Gasteiger partial charge in [-0.05, 0) is 53.8 Å². The Morgan fingerprint density at radius 1 is 0.906 bits per heavy atom. The molecule has 2 heterocycles. The number of aryl methyl sites for hydroxylation is 1. The second kappa shape index (κ2) is 9.73. The maximum atomic E-state index is 12.8. The molecule has 32 heavy (non-hydrogen) atoms. The second-order valence-electron chi connectivity index (χ2n) is 7.49. The maximum Gasteiger partial charge on any atom is 0.251 e. The number of H-pyrrole nitrogens is 1. The summed E-state index contributed by atoms with van der Waals surface area (Å²) in [5.74, 6) is 2.07. The van der Waals surface area contributed by atoms with E-state index in [2.05, 4.69) is 11.9 Å². The number of hydrogen-bond acceptors (Lipinski definition) is 5. The quantitative estimate of drug-likeness (QED) is 0.428. The van der Waals surface area contributed by atoms with Gasteiger partial charge in [0.05, 0.1) is 21.3 Å². The topological polar surface area (TPSA) is 73.4 Å². The van der Waals surface area contributed by atoms with Crippen LogP contribution in [0.1, 0.15) is 37.6 Å². The van der Waals surface area contributed by atoms with E-state index >= 15 is 0 Å². The van der Waals surface area contributed by atoms with Crippen LogP contribution in [0.25, 0.3) is 21.7 Å². The third kappa shape index (κ3) is 4.26. The minimum Gasteiger partial charge on any atom is -0.497 e. The average molecular weight is 435 g/mol. The van der Waals surface area contributed by atoms with Crippen molar-refractivity contribution in [2.45, 2.75) is 33.6 Å². The molecule has 0 spiro atoms. The van der Waals surface area contributed by atoms with Crippen LogP contribution in [-0.4, -0.2) is 31.3 Å². The summed E-state index contributed by atoms with van der Waals surface area (Å²) >= 11 is 0. The molecule has 0 saturated heterocycles. The first-order chi connectivity index (χ1) is 15.1. The van der Waals surface area contributed by atoms with E-state index in [1.807, 2.05) is 42.6 Å². The zero-order valence-corrected chi connectivity index (χ0v) is 18.2. The Morgan fingerprint density at radius 3 is 2.28 bits per heavy atom. The molecule has 4 aromatic rings. The predicted octanol–water partition coefficient (Wildman–Crippen LogP) is 5.28. The molecule has 0 saturated carbocycles. The van der Waals surface area contributed by atoms with Gasteiger partial charge >= 0.3 is 0 Å². The van der Waals surface area contributed by atoms with Crippen molar-refractivity contribution in [1.82, 2.24) is 9.97 Å². The van der Waals surface area contributed by atoms with Crippen molar-refractivity contribution in [2.24, 2.45) is 0 Å². The normalized spacial score (nSPS) is 10.8. The number of methoxy groups -OCH3 is 3. The van der Waals surface area contributed by atoms with E-state index in [9.17, 15) is 4.79 Å². The molecule has 0 aliphatic carbocycles. The van der Waals surface area contributed by atoms with Gasteiger partial charge in [-0.25, -0.2) is 0 Å². The molecule has 1 N–H and O–H groups in total. The molecule has 4 rings (SSSR count). The van der Waals surface area contributed by atoms with Crippen LogP contribution in [0.4, 0.5) is 0 Å². The Balaban J connectivity index is 0.00000289. The number of nitrogens with one attached hydrogen (secondary N) is 1. The first-order valence-electron chi connectivity index (χ1n) is 10.3. The molecular weight excluding hydrogens is 404 g/mol. The van der Waals surface area contributed by atoms with Gasteiger partial charge < -0.3 is 19.2 Å². The number of benzene rings is 2. The molecule has 2 aromatic heterocycles. The number of aromatic amines is 1. The lowest BCUT2D eigenvalue weighted by Crippen LogP contribution is -2.13. The fourth-order valence-electron chi connectivity index (χ4n) is 3.95. The van der Waals surface area contributed by atoms with E-state index in [0.717, 1.165) is 51.5 Å². The second-order valence-corrected chi connectivity index (χ2v) is 7.49. The first kappa shape index (κ1) is 23.1. The lowest BCUT2D eigenvalue weighted by Gasteiger charge is -2.14. The summed E-state index contributed by atoms with van der Waals surface area (Å²) in [6, 6.07) is 11.5. The van der Waals surface area contributed by atoms with Crippen molar-refractivity contribution < 1.29 is 14.2 Å². The summed E-state index contributed by atoms with van der Waals surface area (Å²) in [5.41, 5.74) is 3.32. The van der Waals surface area contributed by atoms with Crippen LogP contribution in [0, 0.1) is 0 Å². The Bertz CT molecular complexity index is 1310. The molecule has 168 valence electrons. The number of pyridine rings is 2. The van der Waals surface area contributed by atoms with Crippen LogP contribution in [0.15, 0.2) is 47.4 Å². The molecule has 0 amide bonds. The highest BCUT2D eigenvalue weighted by molar-refractivity contribution is 5.91. The van der Waals surface area contributed by atoms with E-state index < -0.39 is 0 Å². The minimum absolute atomic E-state index is 0. The smallest absolute Gasteiger partial charge is 0.251 e. The van der Waals surface area contributed by atoms with E-state index in [1.54, 1.807) is 21.3 Å². The number of fused-ring (bicyclic) bond motifs is 2. The molecule has 0 radical (unpaired) electrons. The van der Waals surface area contributed by atoms with Crippen molar-refractivity contribution >= 4 is 21.7 Å². The summed E-state index contributed by atoms with van der Waals surface area (Å²) in [4.78, 5) is 20.5. The molecule has 0 aliphatic rings. The average Bonchev–Trinajstić information content (AvgIpc) is 2.79. The van der Waals surface area contributed by atoms with Crippen molar-refractivity contribution in [2.75, 3.05) is 21.3 Å². The Hall–Kier alpha value is -3.54. The number of ether oxygens (including phenoxy) is 3. The van der Waals surface area contributed by atoms with Crippen LogP contribution in [-0.2, 0) is 12.8 Å². The van der Waals surface area contributed by atoms with Gasteiger partial charge in [-0.15, -0.1) is 0 Å². The third-order valence-corrected chi connectivity index (χ3v) is 5.55. The molecule has 6 nitrogen and oxygen atoms in total. The molecule has 0 aliphatic heterocycles. The van der Waals surface area contributed by atoms with Crippen LogP contribution in [0.3, 0.4) is 0 Å². The zero-order chi connectivity index (χ0) is 22.0. The largest absolute Gasteiger partial charge is 0.497 e. The Kier molecular flexibility index (Phi) is 7.03. The van der Waals surface area contributed by atoms with E-state index in [4.69, 9.17) is 19.2 Å².